The van der Waals surface area contributed by atoms with Gasteiger partial charge in [0.2, 0.25) is 0 Å². The summed E-state index contributed by atoms with van der Waals surface area (Å²) in [7, 11) is 0. The molecule has 10 heteroatoms. The van der Waals surface area contributed by atoms with Crippen molar-refractivity contribution >= 4 is 46.0 Å². The van der Waals surface area contributed by atoms with E-state index >= 15 is 0 Å². The molecule has 2 aromatic carbocycles. The summed E-state index contributed by atoms with van der Waals surface area (Å²) < 4.78 is 7.74. The van der Waals surface area contributed by atoms with Crippen LogP contribution in [0, 0.1) is 10.1 Å². The molecule has 3 aromatic rings. The number of thioether (sulfide) groups is 1. The third kappa shape index (κ3) is 5.17. The second kappa shape index (κ2) is 10.9. The van der Waals surface area contributed by atoms with Crippen LogP contribution in [0.4, 0.5) is 5.69 Å². The lowest BCUT2D eigenvalue weighted by atomic mass is 9.94. The summed E-state index contributed by atoms with van der Waals surface area (Å²) >= 11 is 6.90. The Hall–Kier alpha value is -3.50. The fourth-order valence-electron chi connectivity index (χ4n) is 4.79. The Kier molecular flexibility index (Phi) is 7.38. The summed E-state index contributed by atoms with van der Waals surface area (Å²) in [4.78, 5) is 27.0. The van der Waals surface area contributed by atoms with Gasteiger partial charge in [0.1, 0.15) is 10.0 Å². The van der Waals surface area contributed by atoms with Gasteiger partial charge in [-0.15, -0.1) is 0 Å². The summed E-state index contributed by atoms with van der Waals surface area (Å²) in [6.45, 7) is 2.09. The quantitative estimate of drug-likeness (QED) is 0.150. The summed E-state index contributed by atoms with van der Waals surface area (Å²) in [6.07, 6.45) is 8.96. The number of benzene rings is 2. The first kappa shape index (κ1) is 25.2. The Balaban J connectivity index is 1.58. The summed E-state index contributed by atoms with van der Waals surface area (Å²) in [5.74, 6) is 0.117. The highest BCUT2D eigenvalue weighted by atomic mass is 32.2. The molecule has 1 aliphatic heterocycles. The third-order valence-electron chi connectivity index (χ3n) is 6.54. The van der Waals surface area contributed by atoms with E-state index in [1.54, 1.807) is 34.7 Å². The highest BCUT2D eigenvalue weighted by Crippen LogP contribution is 2.39. The van der Waals surface area contributed by atoms with E-state index in [-0.39, 0.29) is 23.4 Å². The number of ether oxygens (including phenoxy) is 1. The number of carbonyl (C=O) groups excluding carboxylic acids is 1. The number of aromatic nitrogens is 2. The van der Waals surface area contributed by atoms with Gasteiger partial charge in [-0.2, -0.15) is 5.10 Å². The first-order valence-corrected chi connectivity index (χ1v) is 13.5. The normalized spacial score (nSPS) is 17.5. The first-order valence-electron chi connectivity index (χ1n) is 12.3. The topological polar surface area (TPSA) is 90.5 Å². The summed E-state index contributed by atoms with van der Waals surface area (Å²) in [6, 6.07) is 14.5. The number of nitro groups is 1. The molecule has 2 heterocycles. The van der Waals surface area contributed by atoms with Gasteiger partial charge in [-0.3, -0.25) is 19.8 Å². The Morgan fingerprint density at radius 2 is 1.95 bits per heavy atom. The van der Waals surface area contributed by atoms with Crippen molar-refractivity contribution < 1.29 is 14.5 Å². The van der Waals surface area contributed by atoms with Crippen molar-refractivity contribution in [3.63, 3.8) is 0 Å². The predicted octanol–water partition coefficient (Wildman–Crippen LogP) is 6.38. The van der Waals surface area contributed by atoms with Crippen molar-refractivity contribution in [1.29, 1.82) is 0 Å². The molecular formula is C27H26N4O4S2. The van der Waals surface area contributed by atoms with Crippen molar-refractivity contribution in [2.24, 2.45) is 0 Å². The highest BCUT2D eigenvalue weighted by molar-refractivity contribution is 8.26. The van der Waals surface area contributed by atoms with Crippen molar-refractivity contribution in [2.75, 3.05) is 6.61 Å². The molecule has 37 heavy (non-hydrogen) atoms. The average molecular weight is 535 g/mol. The zero-order valence-electron chi connectivity index (χ0n) is 20.3. The van der Waals surface area contributed by atoms with Gasteiger partial charge in [0.05, 0.1) is 22.1 Å². The van der Waals surface area contributed by atoms with E-state index in [1.165, 1.54) is 24.2 Å². The summed E-state index contributed by atoms with van der Waals surface area (Å²) in [5.41, 5.74) is 2.45. The van der Waals surface area contributed by atoms with Crippen LogP contribution in [0.1, 0.15) is 44.6 Å². The van der Waals surface area contributed by atoms with Crippen LogP contribution in [-0.2, 0) is 4.79 Å². The molecule has 1 saturated carbocycles. The molecule has 0 radical (unpaired) electrons. The number of nitro benzene ring substituents is 1. The minimum atomic E-state index is -0.461. The summed E-state index contributed by atoms with van der Waals surface area (Å²) in [5, 5.41) is 16.5. The second-order valence-electron chi connectivity index (χ2n) is 8.93. The number of amides is 1. The maximum Gasteiger partial charge on any atom is 0.311 e. The molecule has 0 N–H and O–H groups in total. The number of carbonyl (C=O) groups is 1. The number of hydrogen-bond donors (Lipinski definition) is 0. The van der Waals surface area contributed by atoms with Gasteiger partial charge in [0.15, 0.2) is 5.75 Å². The van der Waals surface area contributed by atoms with E-state index in [0.29, 0.717) is 32.7 Å². The third-order valence-corrected chi connectivity index (χ3v) is 7.87. The van der Waals surface area contributed by atoms with Crippen LogP contribution >= 0.6 is 24.0 Å². The molecular weight excluding hydrogens is 508 g/mol. The zero-order chi connectivity index (χ0) is 25.9. The maximum atomic E-state index is 13.4. The van der Waals surface area contributed by atoms with Crippen LogP contribution in [0.3, 0.4) is 0 Å². The molecule has 0 spiro atoms. The lowest BCUT2D eigenvalue weighted by Crippen LogP contribution is -2.39. The number of thiocarbonyl (C=S) groups is 1. The SMILES string of the molecule is CCOc1ccc(-c2nn(-c3ccccc3)cc2C=C2SC(=S)N(C3CCCCC3)C2=O)cc1[N+](=O)[O-]. The average Bonchev–Trinajstić information content (AvgIpc) is 3.45. The van der Waals surface area contributed by atoms with Crippen molar-refractivity contribution in [2.45, 2.75) is 45.1 Å². The molecule has 1 aliphatic carbocycles. The first-order chi connectivity index (χ1) is 18.0. The van der Waals surface area contributed by atoms with Crippen LogP contribution in [0.15, 0.2) is 59.6 Å². The van der Waals surface area contributed by atoms with E-state index in [1.807, 2.05) is 36.5 Å². The molecule has 1 aromatic heterocycles. The zero-order valence-corrected chi connectivity index (χ0v) is 22.0. The molecule has 5 rings (SSSR count). The molecule has 1 amide bonds. The Labute approximate surface area is 224 Å². The monoisotopic (exact) mass is 534 g/mol. The predicted molar refractivity (Wildman–Crippen MR) is 149 cm³/mol. The molecule has 0 atom stereocenters. The minimum absolute atomic E-state index is 0.0852. The Morgan fingerprint density at radius 1 is 1.19 bits per heavy atom. The van der Waals surface area contributed by atoms with E-state index in [9.17, 15) is 14.9 Å². The van der Waals surface area contributed by atoms with Gasteiger partial charge >= 0.3 is 5.69 Å². The smallest absolute Gasteiger partial charge is 0.311 e. The number of nitrogens with zero attached hydrogens (tertiary/aromatic N) is 4. The molecule has 2 aliphatic rings. The van der Waals surface area contributed by atoms with Gasteiger partial charge in [-0.25, -0.2) is 4.68 Å². The number of hydrogen-bond acceptors (Lipinski definition) is 7. The number of rotatable bonds is 7. The van der Waals surface area contributed by atoms with Crippen molar-refractivity contribution in [3.05, 3.63) is 75.3 Å². The van der Waals surface area contributed by atoms with Gasteiger partial charge in [0.25, 0.3) is 5.91 Å². The van der Waals surface area contributed by atoms with E-state index in [2.05, 4.69) is 0 Å². The molecule has 0 unspecified atom stereocenters. The highest BCUT2D eigenvalue weighted by Gasteiger charge is 2.37. The largest absolute Gasteiger partial charge is 0.487 e. The molecule has 8 nitrogen and oxygen atoms in total. The van der Waals surface area contributed by atoms with Gasteiger partial charge in [-0.05, 0) is 50.1 Å². The molecule has 0 bridgehead atoms. The van der Waals surface area contributed by atoms with Crippen LogP contribution in [0.5, 0.6) is 5.75 Å². The van der Waals surface area contributed by atoms with E-state index in [4.69, 9.17) is 22.1 Å². The fourth-order valence-corrected chi connectivity index (χ4v) is 6.18. The van der Waals surface area contributed by atoms with E-state index in [0.717, 1.165) is 31.4 Å². The van der Waals surface area contributed by atoms with Gasteiger partial charge in [-0.1, -0.05) is 61.4 Å². The molecule has 1 saturated heterocycles. The van der Waals surface area contributed by atoms with Crippen LogP contribution in [0.25, 0.3) is 23.0 Å². The second-order valence-corrected chi connectivity index (χ2v) is 10.6. The van der Waals surface area contributed by atoms with Crippen molar-refractivity contribution in [1.82, 2.24) is 14.7 Å². The van der Waals surface area contributed by atoms with Crippen LogP contribution in [0.2, 0.25) is 0 Å². The van der Waals surface area contributed by atoms with Crippen molar-refractivity contribution in [3.8, 4) is 22.7 Å². The lowest BCUT2D eigenvalue weighted by Gasteiger charge is -2.29. The minimum Gasteiger partial charge on any atom is -0.487 e. The van der Waals surface area contributed by atoms with Crippen LogP contribution < -0.4 is 4.74 Å². The van der Waals surface area contributed by atoms with Gasteiger partial charge < -0.3 is 4.74 Å². The standard InChI is InChI=1S/C27H26N4O4S2/c1-2-35-23-14-13-18(15-22(23)31(33)34)25-19(17-29(28-25)20-9-5-3-6-10-20)16-24-26(32)30(27(36)37-24)21-11-7-4-8-12-21/h3,5-6,9-10,13-17,21H,2,4,7-8,11-12H2,1H3. The molecule has 190 valence electrons. The van der Waals surface area contributed by atoms with Gasteiger partial charge in [0, 0.05) is 29.4 Å². The lowest BCUT2D eigenvalue weighted by molar-refractivity contribution is -0.385. The molecule has 2 fully saturated rings. The van der Waals surface area contributed by atoms with E-state index < -0.39 is 4.92 Å². The fraction of sp³-hybridized carbons (Fsp3) is 0.296. The van der Waals surface area contributed by atoms with Crippen LogP contribution in [-0.4, -0.2) is 42.5 Å². The Morgan fingerprint density at radius 3 is 2.65 bits per heavy atom. The maximum absolute atomic E-state index is 13.4. The Bertz CT molecular complexity index is 1380. The number of para-hydroxylation sites is 1.